The monoisotopic (exact) mass is 335 g/mol. The minimum Gasteiger partial charge on any atom is -0.493 e. The third-order valence-electron chi connectivity index (χ3n) is 3.09. The summed E-state index contributed by atoms with van der Waals surface area (Å²) in [5, 5.41) is 0. The van der Waals surface area contributed by atoms with Crippen LogP contribution in [0.25, 0.3) is 0 Å². The van der Waals surface area contributed by atoms with Crippen molar-refractivity contribution in [2.45, 2.75) is 5.75 Å². The van der Waals surface area contributed by atoms with E-state index >= 15 is 0 Å². The Morgan fingerprint density at radius 3 is 2.26 bits per heavy atom. The molecule has 2 aromatic carbocycles. The SMILES string of the molecule is COc1ccc(C(=O)NS(=O)(=O)Cc2ccccc2)cc1OC. The van der Waals surface area contributed by atoms with Crippen molar-refractivity contribution < 1.29 is 22.7 Å². The van der Waals surface area contributed by atoms with Crippen LogP contribution in [0.4, 0.5) is 0 Å². The van der Waals surface area contributed by atoms with Crippen molar-refractivity contribution in [2.75, 3.05) is 14.2 Å². The zero-order chi connectivity index (χ0) is 16.9. The second-order valence-corrected chi connectivity index (χ2v) is 6.47. The Labute approximate surface area is 135 Å². The summed E-state index contributed by atoms with van der Waals surface area (Å²) in [5.41, 5.74) is 0.763. The number of hydrogen-bond donors (Lipinski definition) is 1. The van der Waals surface area contributed by atoms with Crippen LogP contribution < -0.4 is 14.2 Å². The van der Waals surface area contributed by atoms with Gasteiger partial charge in [0.1, 0.15) is 0 Å². The molecule has 0 atom stereocenters. The number of amides is 1. The molecule has 0 unspecified atom stereocenters. The van der Waals surface area contributed by atoms with E-state index in [4.69, 9.17) is 9.47 Å². The number of rotatable bonds is 6. The van der Waals surface area contributed by atoms with E-state index in [0.717, 1.165) is 0 Å². The fourth-order valence-electron chi connectivity index (χ4n) is 2.01. The van der Waals surface area contributed by atoms with Crippen molar-refractivity contribution in [1.29, 1.82) is 0 Å². The Bertz CT molecular complexity index is 787. The van der Waals surface area contributed by atoms with E-state index in [2.05, 4.69) is 0 Å². The van der Waals surface area contributed by atoms with Crippen LogP contribution in [0.1, 0.15) is 15.9 Å². The number of carbonyl (C=O) groups is 1. The van der Waals surface area contributed by atoms with Crippen molar-refractivity contribution in [2.24, 2.45) is 0 Å². The maximum atomic E-state index is 12.1. The van der Waals surface area contributed by atoms with Gasteiger partial charge in [-0.05, 0) is 23.8 Å². The molecule has 0 saturated heterocycles. The maximum absolute atomic E-state index is 12.1. The quantitative estimate of drug-likeness (QED) is 0.873. The summed E-state index contributed by atoms with van der Waals surface area (Å²) in [6, 6.07) is 13.1. The van der Waals surface area contributed by atoms with Gasteiger partial charge in [0.25, 0.3) is 5.91 Å². The first-order valence-electron chi connectivity index (χ1n) is 6.76. The lowest BCUT2D eigenvalue weighted by Crippen LogP contribution is -2.31. The number of hydrogen-bond acceptors (Lipinski definition) is 5. The highest BCUT2D eigenvalue weighted by molar-refractivity contribution is 7.89. The van der Waals surface area contributed by atoms with Gasteiger partial charge in [0.15, 0.2) is 11.5 Å². The summed E-state index contributed by atoms with van der Waals surface area (Å²) in [4.78, 5) is 12.1. The number of nitrogens with one attached hydrogen (secondary N) is 1. The average molecular weight is 335 g/mol. The van der Waals surface area contributed by atoms with Crippen LogP contribution in [0.3, 0.4) is 0 Å². The third-order valence-corrected chi connectivity index (χ3v) is 4.30. The van der Waals surface area contributed by atoms with Crippen molar-refractivity contribution in [1.82, 2.24) is 4.72 Å². The number of carbonyl (C=O) groups excluding carboxylic acids is 1. The number of sulfonamides is 1. The van der Waals surface area contributed by atoms with Gasteiger partial charge in [0.05, 0.1) is 20.0 Å². The summed E-state index contributed by atoms with van der Waals surface area (Å²) in [7, 11) is -0.879. The van der Waals surface area contributed by atoms with Crippen molar-refractivity contribution >= 4 is 15.9 Å². The Morgan fingerprint density at radius 2 is 1.65 bits per heavy atom. The van der Waals surface area contributed by atoms with E-state index in [1.807, 2.05) is 4.72 Å². The molecule has 1 amide bonds. The second-order valence-electron chi connectivity index (χ2n) is 4.75. The van der Waals surface area contributed by atoms with Gasteiger partial charge in [-0.15, -0.1) is 0 Å². The summed E-state index contributed by atoms with van der Waals surface area (Å²) in [5.74, 6) is -0.189. The lowest BCUT2D eigenvalue weighted by Gasteiger charge is -2.10. The van der Waals surface area contributed by atoms with Gasteiger partial charge in [-0.25, -0.2) is 13.1 Å². The normalized spacial score (nSPS) is 10.9. The lowest BCUT2D eigenvalue weighted by molar-refractivity contribution is 0.0981. The molecule has 0 fully saturated rings. The zero-order valence-corrected chi connectivity index (χ0v) is 13.6. The number of ether oxygens (including phenoxy) is 2. The van der Waals surface area contributed by atoms with Crippen molar-refractivity contribution in [3.05, 3.63) is 59.7 Å². The summed E-state index contributed by atoms with van der Waals surface area (Å²) < 4.78 is 36.4. The predicted octanol–water partition coefficient (Wildman–Crippen LogP) is 1.96. The molecule has 0 aromatic heterocycles. The van der Waals surface area contributed by atoms with Crippen LogP contribution in [0.5, 0.6) is 11.5 Å². The summed E-state index contributed by atoms with van der Waals surface area (Å²) in [6.07, 6.45) is 0. The van der Waals surface area contributed by atoms with E-state index in [1.54, 1.807) is 30.3 Å². The van der Waals surface area contributed by atoms with Crippen LogP contribution >= 0.6 is 0 Å². The van der Waals surface area contributed by atoms with Gasteiger partial charge < -0.3 is 9.47 Å². The molecule has 6 nitrogen and oxygen atoms in total. The molecule has 0 aliphatic heterocycles. The second kappa shape index (κ2) is 7.15. The Balaban J connectivity index is 2.15. The Hall–Kier alpha value is -2.54. The van der Waals surface area contributed by atoms with E-state index in [1.165, 1.54) is 32.4 Å². The first kappa shape index (κ1) is 16.8. The highest BCUT2D eigenvalue weighted by atomic mass is 32.2. The van der Waals surface area contributed by atoms with Crippen molar-refractivity contribution in [3.63, 3.8) is 0 Å². The first-order chi connectivity index (χ1) is 10.9. The van der Waals surface area contributed by atoms with Gasteiger partial charge in [0, 0.05) is 5.56 Å². The molecule has 0 bridgehead atoms. The Kier molecular flexibility index (Phi) is 5.23. The highest BCUT2D eigenvalue weighted by Crippen LogP contribution is 2.27. The van der Waals surface area contributed by atoms with Crippen LogP contribution in [0, 0.1) is 0 Å². The highest BCUT2D eigenvalue weighted by Gasteiger charge is 2.18. The van der Waals surface area contributed by atoms with Gasteiger partial charge in [0.2, 0.25) is 10.0 Å². The largest absolute Gasteiger partial charge is 0.493 e. The molecule has 0 heterocycles. The van der Waals surface area contributed by atoms with Crippen LogP contribution in [0.2, 0.25) is 0 Å². The van der Waals surface area contributed by atoms with Gasteiger partial charge in [-0.2, -0.15) is 0 Å². The molecule has 0 radical (unpaired) electrons. The van der Waals surface area contributed by atoms with E-state index < -0.39 is 15.9 Å². The molecule has 0 spiro atoms. The van der Waals surface area contributed by atoms with E-state index in [-0.39, 0.29) is 11.3 Å². The molecule has 7 heteroatoms. The molecule has 0 saturated carbocycles. The van der Waals surface area contributed by atoms with E-state index in [0.29, 0.717) is 17.1 Å². The fraction of sp³-hybridized carbons (Fsp3) is 0.188. The average Bonchev–Trinajstić information content (AvgIpc) is 2.54. The topological polar surface area (TPSA) is 81.7 Å². The molecule has 23 heavy (non-hydrogen) atoms. The standard InChI is InChI=1S/C16H17NO5S/c1-21-14-9-8-13(10-15(14)22-2)16(18)17-23(19,20)11-12-6-4-3-5-7-12/h3-10H,11H2,1-2H3,(H,17,18). The summed E-state index contributed by atoms with van der Waals surface area (Å²) >= 11 is 0. The predicted molar refractivity (Wildman–Crippen MR) is 86.1 cm³/mol. The number of benzene rings is 2. The summed E-state index contributed by atoms with van der Waals surface area (Å²) in [6.45, 7) is 0. The molecule has 1 N–H and O–H groups in total. The first-order valence-corrected chi connectivity index (χ1v) is 8.41. The Morgan fingerprint density at radius 1 is 1.00 bits per heavy atom. The molecule has 2 aromatic rings. The lowest BCUT2D eigenvalue weighted by atomic mass is 10.2. The van der Waals surface area contributed by atoms with Crippen LogP contribution in [-0.2, 0) is 15.8 Å². The van der Waals surface area contributed by atoms with Crippen LogP contribution in [0.15, 0.2) is 48.5 Å². The fourth-order valence-corrected chi connectivity index (χ4v) is 3.11. The van der Waals surface area contributed by atoms with E-state index in [9.17, 15) is 13.2 Å². The molecule has 0 aliphatic rings. The molecule has 0 aliphatic carbocycles. The van der Waals surface area contributed by atoms with Gasteiger partial charge in [-0.1, -0.05) is 30.3 Å². The van der Waals surface area contributed by atoms with Gasteiger partial charge >= 0.3 is 0 Å². The molecular weight excluding hydrogens is 318 g/mol. The zero-order valence-electron chi connectivity index (χ0n) is 12.8. The molecule has 122 valence electrons. The maximum Gasteiger partial charge on any atom is 0.264 e. The van der Waals surface area contributed by atoms with Gasteiger partial charge in [-0.3, -0.25) is 4.79 Å². The molecule has 2 rings (SSSR count). The minimum atomic E-state index is -3.79. The van der Waals surface area contributed by atoms with Crippen molar-refractivity contribution in [3.8, 4) is 11.5 Å². The van der Waals surface area contributed by atoms with Crippen LogP contribution in [-0.4, -0.2) is 28.5 Å². The number of methoxy groups -OCH3 is 2. The molecular formula is C16H17NO5S. The third kappa shape index (κ3) is 4.46. The smallest absolute Gasteiger partial charge is 0.264 e. The minimum absolute atomic E-state index is 0.166.